The lowest BCUT2D eigenvalue weighted by Crippen LogP contribution is -2.29. The van der Waals surface area contributed by atoms with Crippen LogP contribution in [0.25, 0.3) is 5.76 Å². The molecule has 2 heterocycles. The van der Waals surface area contributed by atoms with Crippen LogP contribution in [0.3, 0.4) is 0 Å². The molecule has 0 radical (unpaired) electrons. The molecule has 1 fully saturated rings. The summed E-state index contributed by atoms with van der Waals surface area (Å²) in [4.78, 5) is 32.3. The number of aliphatic hydroxyl groups is 1. The third kappa shape index (κ3) is 3.96. The minimum Gasteiger partial charge on any atom is -0.507 e. The molecule has 0 saturated carbocycles. The molecular weight excluding hydrogens is 454 g/mol. The van der Waals surface area contributed by atoms with Gasteiger partial charge in [0.2, 0.25) is 0 Å². The second-order valence-corrected chi connectivity index (χ2v) is 9.44. The van der Waals surface area contributed by atoms with Crippen LogP contribution in [0.2, 0.25) is 0 Å². The molecule has 1 saturated heterocycles. The standard InChI is InChI=1S/C29H29N3O4/c1-18-5-10-22(11-6-18)32-26(19-7-12-21(13-8-19)30(2)3)25(28(34)29(32)35)27(33)20-9-14-24-23(17-20)31(4)15-16-36-24/h5-14,17,26,33H,15-16H2,1-4H3/b27-25-. The SMILES string of the molecule is Cc1ccc(N2C(=O)C(=O)/C(=C(\O)c3ccc4c(c3)N(C)CCO4)C2c2ccc(N(C)C)cc2)cc1. The maximum atomic E-state index is 13.4. The number of ether oxygens (including phenoxy) is 1. The van der Waals surface area contributed by atoms with E-state index < -0.39 is 17.7 Å². The van der Waals surface area contributed by atoms with Gasteiger partial charge in [-0.25, -0.2) is 0 Å². The third-order valence-electron chi connectivity index (χ3n) is 6.81. The Hall–Kier alpha value is -4.26. The maximum absolute atomic E-state index is 13.4. The monoisotopic (exact) mass is 483 g/mol. The van der Waals surface area contributed by atoms with Crippen LogP contribution in [0.15, 0.2) is 72.3 Å². The normalized spacial score (nSPS) is 18.7. The number of likely N-dealkylation sites (N-methyl/N-ethyl adjacent to an activating group) is 1. The summed E-state index contributed by atoms with van der Waals surface area (Å²) in [5.74, 6) is -0.861. The maximum Gasteiger partial charge on any atom is 0.300 e. The molecule has 7 nitrogen and oxygen atoms in total. The molecule has 2 aliphatic rings. The van der Waals surface area contributed by atoms with Crippen molar-refractivity contribution in [2.24, 2.45) is 0 Å². The highest BCUT2D eigenvalue weighted by Crippen LogP contribution is 2.43. The van der Waals surface area contributed by atoms with E-state index in [-0.39, 0.29) is 11.3 Å². The first kappa shape index (κ1) is 23.5. The van der Waals surface area contributed by atoms with Gasteiger partial charge in [-0.15, -0.1) is 0 Å². The fraction of sp³-hybridized carbons (Fsp3) is 0.241. The van der Waals surface area contributed by atoms with Gasteiger partial charge in [0.05, 0.1) is 23.8 Å². The van der Waals surface area contributed by atoms with Crippen molar-refractivity contribution in [2.45, 2.75) is 13.0 Å². The molecule has 1 N–H and O–H groups in total. The number of rotatable bonds is 4. The number of anilines is 3. The van der Waals surface area contributed by atoms with Crippen molar-refractivity contribution in [1.29, 1.82) is 0 Å². The zero-order chi connectivity index (χ0) is 25.6. The summed E-state index contributed by atoms with van der Waals surface area (Å²) in [6, 6.07) is 19.7. The number of Topliss-reactive ketones (excluding diaryl/α,β-unsaturated/α-hetero) is 1. The lowest BCUT2D eigenvalue weighted by Gasteiger charge is -2.28. The second-order valence-electron chi connectivity index (χ2n) is 9.44. The Morgan fingerprint density at radius 1 is 1.00 bits per heavy atom. The number of benzene rings is 3. The Morgan fingerprint density at radius 3 is 2.36 bits per heavy atom. The molecule has 3 aromatic rings. The number of aryl methyl sites for hydroxylation is 1. The second kappa shape index (κ2) is 9.07. The van der Waals surface area contributed by atoms with E-state index in [1.807, 2.05) is 86.4 Å². The summed E-state index contributed by atoms with van der Waals surface area (Å²) < 4.78 is 5.73. The van der Waals surface area contributed by atoms with Crippen molar-refractivity contribution in [3.05, 3.63) is 89.0 Å². The number of amides is 1. The Morgan fingerprint density at radius 2 is 1.69 bits per heavy atom. The molecule has 0 aromatic heterocycles. The minimum absolute atomic E-state index is 0.0671. The van der Waals surface area contributed by atoms with Crippen LogP contribution in [-0.2, 0) is 9.59 Å². The summed E-state index contributed by atoms with van der Waals surface area (Å²) in [6.45, 7) is 3.26. The van der Waals surface area contributed by atoms with E-state index in [4.69, 9.17) is 4.74 Å². The lowest BCUT2D eigenvalue weighted by atomic mass is 9.94. The van der Waals surface area contributed by atoms with Crippen molar-refractivity contribution < 1.29 is 19.4 Å². The van der Waals surface area contributed by atoms with Crippen LogP contribution in [0.4, 0.5) is 17.1 Å². The van der Waals surface area contributed by atoms with Gasteiger partial charge in [0, 0.05) is 38.1 Å². The molecule has 0 bridgehead atoms. The van der Waals surface area contributed by atoms with Gasteiger partial charge >= 0.3 is 0 Å². The third-order valence-corrected chi connectivity index (χ3v) is 6.81. The highest BCUT2D eigenvalue weighted by Gasteiger charge is 2.47. The predicted molar refractivity (Wildman–Crippen MR) is 142 cm³/mol. The van der Waals surface area contributed by atoms with Crippen LogP contribution in [-0.4, -0.2) is 51.1 Å². The molecule has 1 atom stereocenters. The van der Waals surface area contributed by atoms with Gasteiger partial charge in [-0.2, -0.15) is 0 Å². The number of fused-ring (bicyclic) bond motifs is 1. The number of aliphatic hydroxyl groups excluding tert-OH is 1. The largest absolute Gasteiger partial charge is 0.507 e. The molecule has 1 unspecified atom stereocenters. The predicted octanol–water partition coefficient (Wildman–Crippen LogP) is 4.52. The van der Waals surface area contributed by atoms with Crippen molar-refractivity contribution in [2.75, 3.05) is 49.0 Å². The van der Waals surface area contributed by atoms with E-state index in [1.165, 1.54) is 4.90 Å². The number of nitrogens with zero attached hydrogens (tertiary/aromatic N) is 3. The fourth-order valence-corrected chi connectivity index (χ4v) is 4.73. The number of carbonyl (C=O) groups excluding carboxylic acids is 2. The Balaban J connectivity index is 1.68. The average molecular weight is 484 g/mol. The van der Waals surface area contributed by atoms with Crippen LogP contribution in [0.5, 0.6) is 5.75 Å². The van der Waals surface area contributed by atoms with Gasteiger partial charge in [-0.3, -0.25) is 14.5 Å². The number of hydrogen-bond donors (Lipinski definition) is 1. The minimum atomic E-state index is -0.770. The van der Waals surface area contributed by atoms with Gasteiger partial charge in [0.1, 0.15) is 18.1 Å². The lowest BCUT2D eigenvalue weighted by molar-refractivity contribution is -0.132. The Bertz CT molecular complexity index is 1360. The Labute approximate surface area is 210 Å². The highest BCUT2D eigenvalue weighted by atomic mass is 16.5. The van der Waals surface area contributed by atoms with Crippen LogP contribution < -0.4 is 19.4 Å². The number of carbonyl (C=O) groups is 2. The molecular formula is C29H29N3O4. The van der Waals surface area contributed by atoms with E-state index in [1.54, 1.807) is 18.2 Å². The molecule has 2 aliphatic heterocycles. The van der Waals surface area contributed by atoms with E-state index in [0.29, 0.717) is 24.4 Å². The first-order chi connectivity index (χ1) is 17.3. The first-order valence-electron chi connectivity index (χ1n) is 11.9. The van der Waals surface area contributed by atoms with Crippen molar-refractivity contribution in [3.8, 4) is 5.75 Å². The molecule has 0 aliphatic carbocycles. The summed E-state index contributed by atoms with van der Waals surface area (Å²) in [6.07, 6.45) is 0. The molecule has 184 valence electrons. The summed E-state index contributed by atoms with van der Waals surface area (Å²) in [5.41, 5.74) is 4.72. The van der Waals surface area contributed by atoms with Gasteiger partial charge < -0.3 is 19.6 Å². The van der Waals surface area contributed by atoms with Crippen LogP contribution in [0.1, 0.15) is 22.7 Å². The van der Waals surface area contributed by atoms with Gasteiger partial charge in [0.25, 0.3) is 11.7 Å². The average Bonchev–Trinajstić information content (AvgIpc) is 3.14. The van der Waals surface area contributed by atoms with Crippen molar-refractivity contribution in [3.63, 3.8) is 0 Å². The smallest absolute Gasteiger partial charge is 0.300 e. The highest BCUT2D eigenvalue weighted by molar-refractivity contribution is 6.51. The summed E-state index contributed by atoms with van der Waals surface area (Å²) >= 11 is 0. The molecule has 7 heteroatoms. The number of hydrogen-bond acceptors (Lipinski definition) is 6. The molecule has 3 aromatic carbocycles. The van der Waals surface area contributed by atoms with Gasteiger partial charge in [0.15, 0.2) is 0 Å². The summed E-state index contributed by atoms with van der Waals surface area (Å²) in [7, 11) is 5.85. The zero-order valence-corrected chi connectivity index (χ0v) is 20.9. The topological polar surface area (TPSA) is 73.3 Å². The van der Waals surface area contributed by atoms with Crippen LogP contribution in [0, 0.1) is 6.92 Å². The van der Waals surface area contributed by atoms with Crippen molar-refractivity contribution in [1.82, 2.24) is 0 Å². The molecule has 36 heavy (non-hydrogen) atoms. The van der Waals surface area contributed by atoms with Crippen LogP contribution >= 0.6 is 0 Å². The Kier molecular flexibility index (Phi) is 5.92. The molecule has 5 rings (SSSR count). The summed E-state index contributed by atoms with van der Waals surface area (Å²) in [5, 5.41) is 11.5. The zero-order valence-electron chi connectivity index (χ0n) is 20.9. The van der Waals surface area contributed by atoms with E-state index in [0.717, 1.165) is 28.3 Å². The number of ketones is 1. The van der Waals surface area contributed by atoms with E-state index >= 15 is 0 Å². The van der Waals surface area contributed by atoms with E-state index in [9.17, 15) is 14.7 Å². The quantitative estimate of drug-likeness (QED) is 0.334. The fourth-order valence-electron chi connectivity index (χ4n) is 4.73. The van der Waals surface area contributed by atoms with E-state index in [2.05, 4.69) is 0 Å². The van der Waals surface area contributed by atoms with Gasteiger partial charge in [-0.1, -0.05) is 29.8 Å². The molecule has 0 spiro atoms. The first-order valence-corrected chi connectivity index (χ1v) is 11.9. The van der Waals surface area contributed by atoms with Gasteiger partial charge in [-0.05, 0) is 55.0 Å². The van der Waals surface area contributed by atoms with Crippen molar-refractivity contribution >= 4 is 34.5 Å². The molecule has 1 amide bonds.